The molecule has 2 rings (SSSR count). The van der Waals surface area contributed by atoms with E-state index in [-0.39, 0.29) is 24.2 Å². The van der Waals surface area contributed by atoms with Crippen LogP contribution in [0.15, 0.2) is 46.9 Å². The highest BCUT2D eigenvalue weighted by Crippen LogP contribution is 2.37. The lowest BCUT2D eigenvalue weighted by Crippen LogP contribution is -2.30. The molecular formula is C21H25BrClNO3. The van der Waals surface area contributed by atoms with Crippen LogP contribution in [0.3, 0.4) is 0 Å². The summed E-state index contributed by atoms with van der Waals surface area (Å²) in [6.45, 7) is 7.49. The topological polar surface area (TPSA) is 58.6 Å². The average Bonchev–Trinajstić information content (AvgIpc) is 2.56. The van der Waals surface area contributed by atoms with E-state index in [0.717, 1.165) is 5.56 Å². The standard InChI is InChI=1S/C21H25BrClNO3/c1-13(14-8-6-5-7-9-14)24-18(12-19(25)27-21(2,3)4)16-10-15(23)11-17(22)20(16)26/h5-11,13,18,24,26H,12H2,1-4H3/t13-,18?/m1/s1. The van der Waals surface area contributed by atoms with Crippen molar-refractivity contribution in [3.05, 3.63) is 63.1 Å². The van der Waals surface area contributed by atoms with Gasteiger partial charge in [0.05, 0.1) is 10.9 Å². The highest BCUT2D eigenvalue weighted by molar-refractivity contribution is 9.10. The van der Waals surface area contributed by atoms with Crippen molar-refractivity contribution in [2.75, 3.05) is 0 Å². The number of benzene rings is 2. The van der Waals surface area contributed by atoms with Crippen LogP contribution >= 0.6 is 27.5 Å². The Morgan fingerprint density at radius 1 is 1.26 bits per heavy atom. The van der Waals surface area contributed by atoms with Gasteiger partial charge in [-0.3, -0.25) is 4.79 Å². The lowest BCUT2D eigenvalue weighted by molar-refractivity contribution is -0.155. The van der Waals surface area contributed by atoms with E-state index in [4.69, 9.17) is 16.3 Å². The van der Waals surface area contributed by atoms with Crippen molar-refractivity contribution < 1.29 is 14.6 Å². The first-order chi connectivity index (χ1) is 12.6. The van der Waals surface area contributed by atoms with E-state index in [9.17, 15) is 9.90 Å². The van der Waals surface area contributed by atoms with E-state index in [2.05, 4.69) is 21.2 Å². The minimum Gasteiger partial charge on any atom is -0.506 e. The molecule has 0 aliphatic rings. The van der Waals surface area contributed by atoms with Crippen LogP contribution in [0.2, 0.25) is 5.02 Å². The summed E-state index contributed by atoms with van der Waals surface area (Å²) in [7, 11) is 0. The number of halogens is 2. The summed E-state index contributed by atoms with van der Waals surface area (Å²) < 4.78 is 5.95. The van der Waals surface area contributed by atoms with Gasteiger partial charge in [0.1, 0.15) is 11.4 Å². The smallest absolute Gasteiger partial charge is 0.308 e. The first kappa shape index (κ1) is 21.7. The summed E-state index contributed by atoms with van der Waals surface area (Å²) >= 11 is 9.49. The molecule has 2 N–H and O–H groups in total. The highest BCUT2D eigenvalue weighted by Gasteiger charge is 2.26. The SMILES string of the molecule is C[C@@H](NC(CC(=O)OC(C)(C)C)c1cc(Cl)cc(Br)c1O)c1ccccc1. The van der Waals surface area contributed by atoms with Gasteiger partial charge < -0.3 is 15.2 Å². The summed E-state index contributed by atoms with van der Waals surface area (Å²) in [6, 6.07) is 12.7. The fourth-order valence-corrected chi connectivity index (χ4v) is 3.63. The van der Waals surface area contributed by atoms with E-state index in [0.29, 0.717) is 15.1 Å². The maximum atomic E-state index is 12.5. The molecule has 0 saturated carbocycles. The Bertz CT molecular complexity index is 790. The van der Waals surface area contributed by atoms with Crippen LogP contribution in [-0.4, -0.2) is 16.7 Å². The Hall–Kier alpha value is -1.56. The van der Waals surface area contributed by atoms with Gasteiger partial charge in [-0.05, 0) is 61.3 Å². The molecule has 0 heterocycles. The van der Waals surface area contributed by atoms with Crippen LogP contribution in [0.1, 0.15) is 57.3 Å². The molecule has 0 aliphatic carbocycles. The maximum absolute atomic E-state index is 12.5. The van der Waals surface area contributed by atoms with E-state index < -0.39 is 11.6 Å². The van der Waals surface area contributed by atoms with Gasteiger partial charge in [0.2, 0.25) is 0 Å². The third kappa shape index (κ3) is 6.52. The van der Waals surface area contributed by atoms with Crippen LogP contribution in [-0.2, 0) is 9.53 Å². The number of hydrogen-bond acceptors (Lipinski definition) is 4. The number of nitrogens with one attached hydrogen (secondary N) is 1. The van der Waals surface area contributed by atoms with Crippen LogP contribution in [0.4, 0.5) is 0 Å². The summed E-state index contributed by atoms with van der Waals surface area (Å²) in [5.41, 5.74) is 1.04. The molecule has 2 atom stereocenters. The molecule has 27 heavy (non-hydrogen) atoms. The summed E-state index contributed by atoms with van der Waals surface area (Å²) in [6.07, 6.45) is 0.0643. The second-order valence-electron chi connectivity index (χ2n) is 7.47. The zero-order chi connectivity index (χ0) is 20.2. The van der Waals surface area contributed by atoms with E-state index >= 15 is 0 Å². The Morgan fingerprint density at radius 3 is 2.48 bits per heavy atom. The number of esters is 1. The third-order valence-electron chi connectivity index (χ3n) is 3.97. The lowest BCUT2D eigenvalue weighted by Gasteiger charge is -2.26. The van der Waals surface area contributed by atoms with Crippen molar-refractivity contribution in [2.24, 2.45) is 0 Å². The molecule has 1 unspecified atom stereocenters. The normalized spacial score (nSPS) is 13.9. The fraction of sp³-hybridized carbons (Fsp3) is 0.381. The summed E-state index contributed by atoms with van der Waals surface area (Å²) in [5, 5.41) is 14.4. The predicted molar refractivity (Wildman–Crippen MR) is 112 cm³/mol. The minimum atomic E-state index is -0.580. The lowest BCUT2D eigenvalue weighted by atomic mass is 9.99. The summed E-state index contributed by atoms with van der Waals surface area (Å²) in [4.78, 5) is 12.5. The van der Waals surface area contributed by atoms with Gasteiger partial charge in [-0.25, -0.2) is 0 Å². The zero-order valence-corrected chi connectivity index (χ0v) is 18.3. The molecule has 0 amide bonds. The van der Waals surface area contributed by atoms with E-state index in [1.165, 1.54) is 0 Å². The van der Waals surface area contributed by atoms with Crippen LogP contribution in [0, 0.1) is 0 Å². The maximum Gasteiger partial charge on any atom is 0.308 e. The Labute approximate surface area is 174 Å². The highest BCUT2D eigenvalue weighted by atomic mass is 79.9. The first-order valence-electron chi connectivity index (χ1n) is 8.77. The van der Waals surface area contributed by atoms with Gasteiger partial charge in [-0.2, -0.15) is 0 Å². The number of phenols is 1. The molecule has 6 heteroatoms. The molecule has 4 nitrogen and oxygen atoms in total. The number of rotatable bonds is 6. The largest absolute Gasteiger partial charge is 0.506 e. The van der Waals surface area contributed by atoms with Crippen molar-refractivity contribution >= 4 is 33.5 Å². The van der Waals surface area contributed by atoms with E-state index in [1.807, 2.05) is 58.0 Å². The number of carbonyl (C=O) groups is 1. The number of hydrogen-bond donors (Lipinski definition) is 2. The quantitative estimate of drug-likeness (QED) is 0.531. The Morgan fingerprint density at radius 2 is 1.89 bits per heavy atom. The number of aromatic hydroxyl groups is 1. The minimum absolute atomic E-state index is 0.0456. The van der Waals surface area contributed by atoms with Gasteiger partial charge >= 0.3 is 5.97 Å². The van der Waals surface area contributed by atoms with Crippen LogP contribution < -0.4 is 5.32 Å². The zero-order valence-electron chi connectivity index (χ0n) is 15.9. The van der Waals surface area contributed by atoms with Crippen molar-refractivity contribution in [1.82, 2.24) is 5.32 Å². The molecule has 146 valence electrons. The Balaban J connectivity index is 2.32. The average molecular weight is 455 g/mol. The van der Waals surface area contributed by atoms with Gasteiger partial charge in [0.15, 0.2) is 0 Å². The first-order valence-corrected chi connectivity index (χ1v) is 9.94. The molecule has 0 fully saturated rings. The number of carbonyl (C=O) groups excluding carboxylic acids is 1. The number of ether oxygens (including phenoxy) is 1. The number of phenolic OH excluding ortho intramolecular Hbond substituents is 1. The molecule has 0 spiro atoms. The molecular weight excluding hydrogens is 430 g/mol. The Kier molecular flexibility index (Phi) is 7.32. The van der Waals surface area contributed by atoms with Crippen molar-refractivity contribution in [1.29, 1.82) is 0 Å². The molecule has 0 radical (unpaired) electrons. The molecule has 0 aliphatic heterocycles. The predicted octanol–water partition coefficient (Wildman–Crippen LogP) is 5.93. The van der Waals surface area contributed by atoms with Crippen LogP contribution in [0.25, 0.3) is 0 Å². The fourth-order valence-electron chi connectivity index (χ4n) is 2.80. The van der Waals surface area contributed by atoms with Crippen molar-refractivity contribution in [3.63, 3.8) is 0 Å². The molecule has 0 saturated heterocycles. The monoisotopic (exact) mass is 453 g/mol. The van der Waals surface area contributed by atoms with Crippen molar-refractivity contribution in [2.45, 2.75) is 51.8 Å². The second kappa shape index (κ2) is 9.09. The van der Waals surface area contributed by atoms with Crippen molar-refractivity contribution in [3.8, 4) is 5.75 Å². The van der Waals surface area contributed by atoms with Crippen LogP contribution in [0.5, 0.6) is 5.75 Å². The third-order valence-corrected chi connectivity index (χ3v) is 4.80. The van der Waals surface area contributed by atoms with Gasteiger partial charge in [0.25, 0.3) is 0 Å². The van der Waals surface area contributed by atoms with E-state index in [1.54, 1.807) is 12.1 Å². The summed E-state index contributed by atoms with van der Waals surface area (Å²) in [5.74, 6) is -0.295. The molecule has 2 aromatic rings. The van der Waals surface area contributed by atoms with Gasteiger partial charge in [0, 0.05) is 22.7 Å². The molecule has 2 aromatic carbocycles. The molecule has 0 aromatic heterocycles. The van der Waals surface area contributed by atoms with Gasteiger partial charge in [-0.15, -0.1) is 0 Å². The van der Waals surface area contributed by atoms with Gasteiger partial charge in [-0.1, -0.05) is 41.9 Å². The molecule has 0 bridgehead atoms. The second-order valence-corrected chi connectivity index (χ2v) is 8.76.